The van der Waals surface area contributed by atoms with Crippen LogP contribution in [0.3, 0.4) is 0 Å². The molecule has 0 radical (unpaired) electrons. The molecule has 70 valence electrons. The van der Waals surface area contributed by atoms with Gasteiger partial charge in [-0.05, 0) is 0 Å². The van der Waals surface area contributed by atoms with Crippen molar-refractivity contribution in [3.05, 3.63) is 0 Å². The first-order valence-electron chi connectivity index (χ1n) is 2.73. The van der Waals surface area contributed by atoms with Crippen LogP contribution in [0.5, 0.6) is 0 Å². The first-order chi connectivity index (χ1) is 4.09. The number of carbonyl (C=O) groups is 1. The minimum Gasteiger partial charge on any atom is -1.00 e. The first-order valence-corrected chi connectivity index (χ1v) is 2.73. The maximum atomic E-state index is 10.6. The van der Waals surface area contributed by atoms with Gasteiger partial charge in [0.2, 0.25) is 0 Å². The summed E-state index contributed by atoms with van der Waals surface area (Å²) in [6.45, 7) is -0.496. The number of amides is 1. The molecule has 0 aliphatic carbocycles. The minimum atomic E-state index is -1.23. The van der Waals surface area contributed by atoms with Gasteiger partial charge in [0.25, 0.3) is 0 Å². The Hall–Kier alpha value is -0.200. The summed E-state index contributed by atoms with van der Waals surface area (Å²) in [5.74, 6) is -0.391. The van der Waals surface area contributed by atoms with Crippen LogP contribution in [0.1, 0.15) is 0 Å². The normalized spacial score (nSPS) is 11.4. The molecule has 0 aromatic carbocycles. The van der Waals surface area contributed by atoms with E-state index in [1.165, 1.54) is 0 Å². The van der Waals surface area contributed by atoms with Crippen molar-refractivity contribution in [3.8, 4) is 0 Å². The van der Waals surface area contributed by atoms with Crippen molar-refractivity contribution in [2.45, 2.75) is 6.10 Å². The SMILES string of the molecule is C[NH+](C)C(=O)C(O)CO.O.[Cl-]. The van der Waals surface area contributed by atoms with Gasteiger partial charge in [-0.2, -0.15) is 0 Å². The molecular weight excluding hydrogens is 174 g/mol. The van der Waals surface area contributed by atoms with Gasteiger partial charge in [-0.15, -0.1) is 0 Å². The highest BCUT2D eigenvalue weighted by Gasteiger charge is 2.19. The predicted octanol–water partition coefficient (Wildman–Crippen LogP) is -6.81. The number of aliphatic hydroxyl groups excluding tert-OH is 2. The summed E-state index contributed by atoms with van der Waals surface area (Å²) >= 11 is 0. The molecule has 0 rings (SSSR count). The van der Waals surface area contributed by atoms with Gasteiger partial charge < -0.3 is 28.1 Å². The second kappa shape index (κ2) is 7.90. The predicted molar refractivity (Wildman–Crippen MR) is 34.5 cm³/mol. The molecule has 0 aliphatic rings. The van der Waals surface area contributed by atoms with E-state index in [1.54, 1.807) is 14.1 Å². The van der Waals surface area contributed by atoms with Gasteiger partial charge in [-0.25, -0.2) is 4.79 Å². The molecule has 0 fully saturated rings. The lowest BCUT2D eigenvalue weighted by atomic mass is 10.3. The molecule has 0 bridgehead atoms. The van der Waals surface area contributed by atoms with Crippen LogP contribution in [-0.2, 0) is 4.79 Å². The number of carbonyl (C=O) groups excluding carboxylic acids is 1. The molecular formula is C5H14ClNO4. The van der Waals surface area contributed by atoms with Crippen LogP contribution >= 0.6 is 0 Å². The number of hydrogen-bond donors (Lipinski definition) is 3. The molecule has 11 heavy (non-hydrogen) atoms. The lowest BCUT2D eigenvalue weighted by Gasteiger charge is -2.07. The van der Waals surface area contributed by atoms with E-state index in [4.69, 9.17) is 10.2 Å². The standard InChI is InChI=1S/C5H11NO3.ClH.H2O/c1-6(2)5(9)4(8)3-7;;/h4,7-8H,3H2,1-2H3;1H;1H2. The zero-order chi connectivity index (χ0) is 7.44. The van der Waals surface area contributed by atoms with E-state index >= 15 is 0 Å². The fourth-order valence-corrected chi connectivity index (χ4v) is 0.416. The molecule has 0 aliphatic heterocycles. The van der Waals surface area contributed by atoms with Gasteiger partial charge in [0.15, 0.2) is 6.10 Å². The Balaban J connectivity index is -0.000000320. The van der Waals surface area contributed by atoms with Crippen LogP contribution in [0.25, 0.3) is 0 Å². The Bertz CT molecular complexity index is 109. The third-order valence-electron chi connectivity index (χ3n) is 0.968. The molecule has 5 nitrogen and oxygen atoms in total. The van der Waals surface area contributed by atoms with Crippen LogP contribution in [0, 0.1) is 0 Å². The number of aliphatic hydroxyl groups is 2. The maximum Gasteiger partial charge on any atom is 0.342 e. The molecule has 1 unspecified atom stereocenters. The number of nitrogens with one attached hydrogen (secondary N) is 1. The van der Waals surface area contributed by atoms with Crippen molar-refractivity contribution >= 4 is 5.91 Å². The summed E-state index contributed by atoms with van der Waals surface area (Å²) in [5, 5.41) is 16.9. The zero-order valence-corrected chi connectivity index (χ0v) is 7.22. The largest absolute Gasteiger partial charge is 1.00 e. The lowest BCUT2D eigenvalue weighted by molar-refractivity contribution is -0.777. The summed E-state index contributed by atoms with van der Waals surface area (Å²) in [6.07, 6.45) is -1.23. The van der Waals surface area contributed by atoms with Crippen molar-refractivity contribution in [2.75, 3.05) is 20.7 Å². The van der Waals surface area contributed by atoms with E-state index in [1.807, 2.05) is 0 Å². The monoisotopic (exact) mass is 187 g/mol. The summed E-state index contributed by atoms with van der Waals surface area (Å²) in [6, 6.07) is 0. The van der Waals surface area contributed by atoms with E-state index in [0.29, 0.717) is 4.90 Å². The highest BCUT2D eigenvalue weighted by molar-refractivity contribution is 5.71. The summed E-state index contributed by atoms with van der Waals surface area (Å²) in [7, 11) is 3.20. The van der Waals surface area contributed by atoms with Crippen LogP contribution in [0.2, 0.25) is 0 Å². The molecule has 1 amide bonds. The number of quaternary nitrogens is 1. The first kappa shape index (κ1) is 17.0. The molecule has 1 atom stereocenters. The number of halogens is 1. The van der Waals surface area contributed by atoms with Crippen molar-refractivity contribution in [2.24, 2.45) is 0 Å². The quantitative estimate of drug-likeness (QED) is 0.401. The molecule has 6 heteroatoms. The fourth-order valence-electron chi connectivity index (χ4n) is 0.416. The Morgan fingerprint density at radius 2 is 1.91 bits per heavy atom. The van der Waals surface area contributed by atoms with Crippen molar-refractivity contribution in [3.63, 3.8) is 0 Å². The smallest absolute Gasteiger partial charge is 0.342 e. The van der Waals surface area contributed by atoms with E-state index < -0.39 is 18.6 Å². The maximum absolute atomic E-state index is 10.6. The Morgan fingerprint density at radius 3 is 2.00 bits per heavy atom. The van der Waals surface area contributed by atoms with Crippen molar-refractivity contribution in [1.29, 1.82) is 0 Å². The molecule has 0 aromatic heterocycles. The second-order valence-electron chi connectivity index (χ2n) is 2.06. The Labute approximate surface area is 71.3 Å². The van der Waals surface area contributed by atoms with Crippen LogP contribution in [0.4, 0.5) is 0 Å². The topological polar surface area (TPSA) is 93.5 Å². The van der Waals surface area contributed by atoms with Crippen LogP contribution in [-0.4, -0.2) is 48.4 Å². The van der Waals surface area contributed by atoms with Crippen molar-refractivity contribution < 1.29 is 37.8 Å². The summed E-state index contributed by atoms with van der Waals surface area (Å²) in [4.78, 5) is 11.1. The van der Waals surface area contributed by atoms with Crippen LogP contribution < -0.4 is 17.3 Å². The Morgan fingerprint density at radius 1 is 1.55 bits per heavy atom. The van der Waals surface area contributed by atoms with Gasteiger partial charge in [0.05, 0.1) is 20.7 Å². The fraction of sp³-hybridized carbons (Fsp3) is 0.800. The van der Waals surface area contributed by atoms with Gasteiger partial charge in [-0.1, -0.05) is 0 Å². The second-order valence-corrected chi connectivity index (χ2v) is 2.06. The van der Waals surface area contributed by atoms with E-state index in [0.717, 1.165) is 0 Å². The highest BCUT2D eigenvalue weighted by Crippen LogP contribution is 1.73. The molecule has 0 saturated heterocycles. The molecule has 0 heterocycles. The van der Waals surface area contributed by atoms with E-state index in [9.17, 15) is 4.79 Å². The molecule has 0 aromatic rings. The third kappa shape index (κ3) is 6.21. The number of hydrogen-bond acceptors (Lipinski definition) is 3. The summed E-state index contributed by atoms with van der Waals surface area (Å²) < 4.78 is 0. The van der Waals surface area contributed by atoms with Gasteiger partial charge in [-0.3, -0.25) is 4.90 Å². The number of likely N-dealkylation sites (N-methyl/N-ethyl adjacent to an activating group) is 1. The molecule has 0 spiro atoms. The van der Waals surface area contributed by atoms with Gasteiger partial charge in [0.1, 0.15) is 0 Å². The van der Waals surface area contributed by atoms with Gasteiger partial charge >= 0.3 is 5.91 Å². The number of rotatable bonds is 2. The highest BCUT2D eigenvalue weighted by atomic mass is 35.5. The Kier molecular flexibility index (Phi) is 12.2. The molecule has 0 saturated carbocycles. The summed E-state index contributed by atoms with van der Waals surface area (Å²) in [5.41, 5.74) is 0. The van der Waals surface area contributed by atoms with E-state index in [-0.39, 0.29) is 17.9 Å². The van der Waals surface area contributed by atoms with Gasteiger partial charge in [0, 0.05) is 0 Å². The third-order valence-corrected chi connectivity index (χ3v) is 0.968. The van der Waals surface area contributed by atoms with E-state index in [2.05, 4.69) is 0 Å². The van der Waals surface area contributed by atoms with Crippen molar-refractivity contribution in [1.82, 2.24) is 0 Å². The molecule has 5 N–H and O–H groups in total. The average molecular weight is 188 g/mol. The minimum absolute atomic E-state index is 0. The average Bonchev–Trinajstić information content (AvgIpc) is 1.84. The van der Waals surface area contributed by atoms with Crippen LogP contribution in [0.15, 0.2) is 0 Å². The zero-order valence-electron chi connectivity index (χ0n) is 6.47. The lowest BCUT2D eigenvalue weighted by Crippen LogP contribution is -3.10.